The van der Waals surface area contributed by atoms with Crippen LogP contribution in [0.15, 0.2) is 12.3 Å². The van der Waals surface area contributed by atoms with Crippen molar-refractivity contribution in [3.8, 4) is 0 Å². The molecule has 0 aromatic carbocycles. The summed E-state index contributed by atoms with van der Waals surface area (Å²) in [6, 6.07) is 2.72. The summed E-state index contributed by atoms with van der Waals surface area (Å²) < 4.78 is 0. The molecular formula is C15H25N5O2. The minimum Gasteiger partial charge on any atom is -0.480 e. The number of nitrogens with zero attached hydrogens (tertiary/aromatic N) is 4. The minimum atomic E-state index is -0.906. The Kier molecular flexibility index (Phi) is 5.54. The van der Waals surface area contributed by atoms with E-state index in [9.17, 15) is 4.79 Å². The number of carboxylic acids is 1. The van der Waals surface area contributed by atoms with Crippen molar-refractivity contribution in [2.45, 2.75) is 39.3 Å². The van der Waals surface area contributed by atoms with E-state index in [1.54, 1.807) is 12.3 Å². The van der Waals surface area contributed by atoms with Crippen LogP contribution >= 0.6 is 0 Å². The third-order valence-electron chi connectivity index (χ3n) is 4.01. The largest absolute Gasteiger partial charge is 0.480 e. The third-order valence-corrected chi connectivity index (χ3v) is 4.01. The van der Waals surface area contributed by atoms with E-state index in [0.29, 0.717) is 23.8 Å². The Morgan fingerprint density at radius 1 is 1.50 bits per heavy atom. The molecule has 2 heterocycles. The molecule has 2 rings (SSSR count). The first kappa shape index (κ1) is 16.5. The number of aromatic nitrogens is 2. The molecule has 0 radical (unpaired) electrons. The highest BCUT2D eigenvalue weighted by molar-refractivity contribution is 5.72. The molecule has 1 unspecified atom stereocenters. The van der Waals surface area contributed by atoms with Crippen molar-refractivity contribution in [3.63, 3.8) is 0 Å². The van der Waals surface area contributed by atoms with Crippen LogP contribution in [-0.2, 0) is 4.79 Å². The zero-order chi connectivity index (χ0) is 16.1. The Morgan fingerprint density at radius 3 is 2.91 bits per heavy atom. The van der Waals surface area contributed by atoms with Gasteiger partial charge in [-0.15, -0.1) is 0 Å². The lowest BCUT2D eigenvalue weighted by Gasteiger charge is -2.43. The number of carboxylic acid groups (broad SMARTS) is 1. The van der Waals surface area contributed by atoms with Crippen molar-refractivity contribution in [3.05, 3.63) is 12.3 Å². The highest BCUT2D eigenvalue weighted by Crippen LogP contribution is 2.20. The molecule has 22 heavy (non-hydrogen) atoms. The van der Waals surface area contributed by atoms with Crippen molar-refractivity contribution < 1.29 is 9.90 Å². The number of hydrogen-bond acceptors (Lipinski definition) is 6. The van der Waals surface area contributed by atoms with Gasteiger partial charge >= 0.3 is 5.97 Å². The maximum Gasteiger partial charge on any atom is 0.322 e. The van der Waals surface area contributed by atoms with Gasteiger partial charge in [-0.1, -0.05) is 6.92 Å². The van der Waals surface area contributed by atoms with Crippen LogP contribution in [0.1, 0.15) is 27.2 Å². The van der Waals surface area contributed by atoms with Crippen LogP contribution in [0.2, 0.25) is 0 Å². The van der Waals surface area contributed by atoms with Gasteiger partial charge in [0.05, 0.1) is 0 Å². The van der Waals surface area contributed by atoms with E-state index in [1.807, 2.05) is 0 Å². The van der Waals surface area contributed by atoms with E-state index in [0.717, 1.165) is 26.1 Å². The smallest absolute Gasteiger partial charge is 0.322 e. The van der Waals surface area contributed by atoms with Crippen LogP contribution in [0.5, 0.6) is 0 Å². The first-order valence-corrected chi connectivity index (χ1v) is 7.80. The molecule has 0 amide bonds. The molecule has 1 aliphatic rings. The number of hydrogen-bond donors (Lipinski definition) is 2. The second-order valence-corrected chi connectivity index (χ2v) is 5.83. The predicted molar refractivity (Wildman–Crippen MR) is 86.3 cm³/mol. The second kappa shape index (κ2) is 7.40. The molecular weight excluding hydrogens is 282 g/mol. The van der Waals surface area contributed by atoms with Crippen LogP contribution in [0.3, 0.4) is 0 Å². The number of carbonyl (C=O) groups is 1. The van der Waals surface area contributed by atoms with Crippen LogP contribution in [-0.4, -0.2) is 64.2 Å². The summed E-state index contributed by atoms with van der Waals surface area (Å²) in [6.07, 6.45) is 2.76. The van der Waals surface area contributed by atoms with Gasteiger partial charge in [0.15, 0.2) is 0 Å². The van der Waals surface area contributed by atoms with Crippen LogP contribution in [0.25, 0.3) is 0 Å². The summed E-state index contributed by atoms with van der Waals surface area (Å²) in [4.78, 5) is 24.1. The van der Waals surface area contributed by atoms with Gasteiger partial charge in [-0.05, 0) is 26.3 Å². The quantitative estimate of drug-likeness (QED) is 0.819. The zero-order valence-electron chi connectivity index (χ0n) is 13.5. The van der Waals surface area contributed by atoms with E-state index >= 15 is 0 Å². The normalized spacial score (nSPS) is 19.5. The number of nitrogens with one attached hydrogen (secondary N) is 1. The Morgan fingerprint density at radius 2 is 2.27 bits per heavy atom. The number of aliphatic carboxylic acids is 1. The third kappa shape index (κ3) is 4.07. The van der Waals surface area contributed by atoms with E-state index in [4.69, 9.17) is 5.11 Å². The molecule has 1 aliphatic heterocycles. The molecule has 1 aromatic heterocycles. The fourth-order valence-corrected chi connectivity index (χ4v) is 2.86. The Bertz CT molecular complexity index is 508. The van der Waals surface area contributed by atoms with Crippen molar-refractivity contribution in [2.24, 2.45) is 0 Å². The minimum absolute atomic E-state index is 0.144. The Hall–Kier alpha value is -1.89. The summed E-state index contributed by atoms with van der Waals surface area (Å²) in [5.41, 5.74) is 0. The fourth-order valence-electron chi connectivity index (χ4n) is 2.86. The zero-order valence-corrected chi connectivity index (χ0v) is 13.5. The molecule has 0 aliphatic carbocycles. The molecule has 1 fully saturated rings. The highest BCUT2D eigenvalue weighted by Gasteiger charge is 2.28. The van der Waals surface area contributed by atoms with Gasteiger partial charge in [0.1, 0.15) is 12.4 Å². The molecule has 0 saturated carbocycles. The predicted octanol–water partition coefficient (Wildman–Crippen LogP) is 1.28. The maximum atomic E-state index is 10.6. The monoisotopic (exact) mass is 307 g/mol. The summed E-state index contributed by atoms with van der Waals surface area (Å²) >= 11 is 0. The fraction of sp³-hybridized carbons (Fsp3) is 0.667. The number of piperazine rings is 1. The molecule has 0 spiro atoms. The summed E-state index contributed by atoms with van der Waals surface area (Å²) in [5, 5.41) is 11.5. The Labute approximate surface area is 131 Å². The molecule has 7 nitrogen and oxygen atoms in total. The number of anilines is 2. The van der Waals surface area contributed by atoms with Crippen LogP contribution in [0.4, 0.5) is 11.8 Å². The average Bonchev–Trinajstić information content (AvgIpc) is 2.52. The van der Waals surface area contributed by atoms with Gasteiger partial charge in [0.25, 0.3) is 0 Å². The first-order chi connectivity index (χ1) is 10.5. The summed E-state index contributed by atoms with van der Waals surface area (Å²) in [5.74, 6) is 0.306. The summed E-state index contributed by atoms with van der Waals surface area (Å²) in [6.45, 7) is 9.29. The lowest BCUT2D eigenvalue weighted by molar-refractivity contribution is -0.134. The van der Waals surface area contributed by atoms with Gasteiger partial charge in [-0.25, -0.2) is 4.98 Å². The molecule has 1 atom stereocenters. The van der Waals surface area contributed by atoms with E-state index in [1.165, 1.54) is 0 Å². The van der Waals surface area contributed by atoms with Crippen molar-refractivity contribution in [2.75, 3.05) is 36.4 Å². The van der Waals surface area contributed by atoms with Gasteiger partial charge in [0.2, 0.25) is 5.95 Å². The average molecular weight is 307 g/mol. The molecule has 122 valence electrons. The SMILES string of the molecule is CCC1CN(c2nccc(NCC(=O)O)n2)CCN1C(C)C. The van der Waals surface area contributed by atoms with Gasteiger partial charge < -0.3 is 15.3 Å². The van der Waals surface area contributed by atoms with Crippen molar-refractivity contribution in [1.29, 1.82) is 0 Å². The first-order valence-electron chi connectivity index (χ1n) is 7.80. The van der Waals surface area contributed by atoms with Crippen molar-refractivity contribution in [1.82, 2.24) is 14.9 Å². The standard InChI is InChI=1S/C15H25N5O2/c1-4-12-10-19(7-8-20(12)11(2)3)15-16-6-5-13(18-15)17-9-14(21)22/h5-6,11-12H,4,7-10H2,1-3H3,(H,21,22)(H,16,17,18). The number of rotatable bonds is 6. The summed E-state index contributed by atoms with van der Waals surface area (Å²) in [7, 11) is 0. The van der Waals surface area contributed by atoms with Gasteiger partial charge in [0, 0.05) is 37.9 Å². The molecule has 7 heteroatoms. The lowest BCUT2D eigenvalue weighted by atomic mass is 10.1. The highest BCUT2D eigenvalue weighted by atomic mass is 16.4. The van der Waals surface area contributed by atoms with E-state index in [-0.39, 0.29) is 6.54 Å². The molecule has 0 bridgehead atoms. The molecule has 2 N–H and O–H groups in total. The van der Waals surface area contributed by atoms with Crippen molar-refractivity contribution >= 4 is 17.7 Å². The lowest BCUT2D eigenvalue weighted by Crippen LogP contribution is -2.55. The Balaban J connectivity index is 2.05. The second-order valence-electron chi connectivity index (χ2n) is 5.83. The topological polar surface area (TPSA) is 81.6 Å². The van der Waals surface area contributed by atoms with Crippen LogP contribution in [0, 0.1) is 0 Å². The van der Waals surface area contributed by atoms with Gasteiger partial charge in [-0.2, -0.15) is 4.98 Å². The van der Waals surface area contributed by atoms with Gasteiger partial charge in [-0.3, -0.25) is 9.69 Å². The maximum absolute atomic E-state index is 10.6. The molecule has 1 aromatic rings. The van der Waals surface area contributed by atoms with E-state index in [2.05, 4.69) is 45.9 Å². The van der Waals surface area contributed by atoms with Crippen LogP contribution < -0.4 is 10.2 Å². The van der Waals surface area contributed by atoms with E-state index < -0.39 is 5.97 Å². The molecule has 1 saturated heterocycles.